The minimum Gasteiger partial charge on any atom is -0.548 e. The predicted molar refractivity (Wildman–Crippen MR) is 120 cm³/mol. The molecule has 0 saturated heterocycles. The smallest absolute Gasteiger partial charge is 0.268 e. The number of halogens is 1. The zero-order valence-electron chi connectivity index (χ0n) is 17.0. The second-order valence-electron chi connectivity index (χ2n) is 6.96. The number of amides is 2. The van der Waals surface area contributed by atoms with Crippen LogP contribution in [-0.4, -0.2) is 23.8 Å². The number of rotatable bonds is 8. The van der Waals surface area contributed by atoms with Crippen LogP contribution in [0.1, 0.15) is 21.5 Å². The molecule has 0 bridgehead atoms. The van der Waals surface area contributed by atoms with E-state index in [0.717, 1.165) is 5.56 Å². The molecule has 6 nitrogen and oxygen atoms in total. The molecule has 0 spiro atoms. The third-order valence-electron chi connectivity index (χ3n) is 4.58. The molecule has 2 amide bonds. The van der Waals surface area contributed by atoms with Crippen LogP contribution in [-0.2, 0) is 16.0 Å². The predicted octanol–water partition coefficient (Wildman–Crippen LogP) is 2.59. The maximum absolute atomic E-state index is 13.0. The standard InChI is InChI=1S/C25H21ClN2O4/c26-20-13-11-18(12-14-20)15-21(27-23(29)19-9-5-2-6-10-19)24(30)28-22(25(31)32)16-17-7-3-1-4-8-17/h1-15,22H,16H2,(H,27,29)(H,28,30)(H,31,32)/p-1/b21-15-/t22-/m1/s1. The molecule has 32 heavy (non-hydrogen) atoms. The molecule has 1 atom stereocenters. The van der Waals surface area contributed by atoms with E-state index < -0.39 is 23.8 Å². The van der Waals surface area contributed by atoms with Crippen molar-refractivity contribution in [3.05, 3.63) is 112 Å². The topological polar surface area (TPSA) is 98.3 Å². The Morgan fingerprint density at radius 3 is 2.06 bits per heavy atom. The highest BCUT2D eigenvalue weighted by atomic mass is 35.5. The average molecular weight is 448 g/mol. The Morgan fingerprint density at radius 1 is 0.875 bits per heavy atom. The number of carboxylic acid groups (broad SMARTS) is 1. The van der Waals surface area contributed by atoms with E-state index in [1.807, 2.05) is 6.07 Å². The van der Waals surface area contributed by atoms with Gasteiger partial charge in [-0.2, -0.15) is 0 Å². The molecule has 0 aromatic heterocycles. The third-order valence-corrected chi connectivity index (χ3v) is 4.83. The molecule has 162 valence electrons. The first-order chi connectivity index (χ1) is 15.4. The van der Waals surface area contributed by atoms with Crippen LogP contribution in [0.2, 0.25) is 5.02 Å². The molecule has 3 aromatic carbocycles. The van der Waals surface area contributed by atoms with Gasteiger partial charge in [-0.25, -0.2) is 0 Å². The van der Waals surface area contributed by atoms with E-state index in [0.29, 0.717) is 16.1 Å². The highest BCUT2D eigenvalue weighted by Crippen LogP contribution is 2.13. The summed E-state index contributed by atoms with van der Waals surface area (Å²) in [5.74, 6) is -2.69. The van der Waals surface area contributed by atoms with Crippen molar-refractivity contribution in [1.29, 1.82) is 0 Å². The van der Waals surface area contributed by atoms with Crippen molar-refractivity contribution in [3.63, 3.8) is 0 Å². The number of carbonyl (C=O) groups excluding carboxylic acids is 3. The summed E-state index contributed by atoms with van der Waals surface area (Å²) in [6, 6.07) is 22.6. The fraction of sp³-hybridized carbons (Fsp3) is 0.0800. The van der Waals surface area contributed by atoms with E-state index in [4.69, 9.17) is 11.6 Å². The Hall–Kier alpha value is -3.90. The number of aliphatic carboxylic acids is 1. The molecule has 0 fully saturated rings. The Kier molecular flexibility index (Phi) is 7.78. The van der Waals surface area contributed by atoms with Crippen molar-refractivity contribution in [2.24, 2.45) is 0 Å². The van der Waals surface area contributed by atoms with E-state index in [1.165, 1.54) is 6.08 Å². The van der Waals surface area contributed by atoms with Gasteiger partial charge in [0.25, 0.3) is 11.8 Å². The lowest BCUT2D eigenvalue weighted by atomic mass is 10.1. The molecule has 0 saturated carbocycles. The summed E-state index contributed by atoms with van der Waals surface area (Å²) >= 11 is 5.91. The number of hydrogen-bond donors (Lipinski definition) is 2. The Balaban J connectivity index is 1.85. The van der Waals surface area contributed by atoms with Gasteiger partial charge in [0.05, 0.1) is 12.0 Å². The van der Waals surface area contributed by atoms with Crippen molar-refractivity contribution in [2.45, 2.75) is 12.5 Å². The van der Waals surface area contributed by atoms with Gasteiger partial charge < -0.3 is 20.5 Å². The zero-order valence-corrected chi connectivity index (χ0v) is 17.7. The fourth-order valence-electron chi connectivity index (χ4n) is 2.95. The summed E-state index contributed by atoms with van der Waals surface area (Å²) in [5, 5.41) is 17.2. The average Bonchev–Trinajstić information content (AvgIpc) is 2.80. The quantitative estimate of drug-likeness (QED) is 0.518. The summed E-state index contributed by atoms with van der Waals surface area (Å²) in [6.45, 7) is 0. The maximum atomic E-state index is 13.0. The van der Waals surface area contributed by atoms with E-state index >= 15 is 0 Å². The number of carboxylic acids is 1. The van der Waals surface area contributed by atoms with Crippen LogP contribution in [0.4, 0.5) is 0 Å². The van der Waals surface area contributed by atoms with Crippen LogP contribution in [0, 0.1) is 0 Å². The van der Waals surface area contributed by atoms with Gasteiger partial charge in [0.15, 0.2) is 0 Å². The van der Waals surface area contributed by atoms with Crippen LogP contribution in [0.5, 0.6) is 0 Å². The summed E-state index contributed by atoms with van der Waals surface area (Å²) < 4.78 is 0. The first-order valence-electron chi connectivity index (χ1n) is 9.81. The van der Waals surface area contributed by atoms with Crippen molar-refractivity contribution in [3.8, 4) is 0 Å². The molecule has 0 aliphatic carbocycles. The van der Waals surface area contributed by atoms with Gasteiger partial charge in [-0.05, 0) is 47.9 Å². The fourth-order valence-corrected chi connectivity index (χ4v) is 3.07. The van der Waals surface area contributed by atoms with Crippen molar-refractivity contribution < 1.29 is 19.5 Å². The second kappa shape index (κ2) is 10.9. The summed E-state index contributed by atoms with van der Waals surface area (Å²) in [4.78, 5) is 37.3. The first kappa shape index (κ1) is 22.8. The summed E-state index contributed by atoms with van der Waals surface area (Å²) in [6.07, 6.45) is 1.48. The zero-order chi connectivity index (χ0) is 22.9. The number of nitrogens with one attached hydrogen (secondary N) is 2. The van der Waals surface area contributed by atoms with Crippen LogP contribution >= 0.6 is 11.6 Å². The largest absolute Gasteiger partial charge is 0.548 e. The SMILES string of the molecule is O=C(N[C@H](Cc1ccccc1)C(=O)[O-])/C(=C/c1ccc(Cl)cc1)NC(=O)c1ccccc1. The molecule has 0 unspecified atom stereocenters. The van der Waals surface area contributed by atoms with E-state index in [-0.39, 0.29) is 12.1 Å². The lowest BCUT2D eigenvalue weighted by molar-refractivity contribution is -0.308. The number of benzene rings is 3. The third kappa shape index (κ3) is 6.55. The molecule has 0 heterocycles. The normalized spacial score (nSPS) is 12.0. The Bertz CT molecular complexity index is 1110. The van der Waals surface area contributed by atoms with E-state index in [2.05, 4.69) is 10.6 Å². The molecule has 3 aromatic rings. The van der Waals surface area contributed by atoms with Gasteiger partial charge in [-0.15, -0.1) is 0 Å². The Labute approximate surface area is 190 Å². The van der Waals surface area contributed by atoms with Crippen molar-refractivity contribution in [2.75, 3.05) is 0 Å². The molecule has 0 aliphatic rings. The van der Waals surface area contributed by atoms with Gasteiger partial charge in [0.2, 0.25) is 0 Å². The van der Waals surface area contributed by atoms with Crippen LogP contribution in [0.15, 0.2) is 90.6 Å². The summed E-state index contributed by atoms with van der Waals surface area (Å²) in [7, 11) is 0. The van der Waals surface area contributed by atoms with E-state index in [1.54, 1.807) is 78.9 Å². The van der Waals surface area contributed by atoms with Crippen LogP contribution in [0.3, 0.4) is 0 Å². The molecule has 7 heteroatoms. The van der Waals surface area contributed by atoms with Crippen molar-refractivity contribution >= 4 is 35.5 Å². The summed E-state index contributed by atoms with van der Waals surface area (Å²) in [5.41, 5.74) is 1.56. The lowest BCUT2D eigenvalue weighted by Crippen LogP contribution is -2.50. The highest BCUT2D eigenvalue weighted by molar-refractivity contribution is 6.30. The van der Waals surface area contributed by atoms with Gasteiger partial charge in [-0.1, -0.05) is 72.3 Å². The van der Waals surface area contributed by atoms with Crippen LogP contribution in [0.25, 0.3) is 6.08 Å². The molecule has 0 aliphatic heterocycles. The number of hydrogen-bond acceptors (Lipinski definition) is 4. The van der Waals surface area contributed by atoms with Gasteiger partial charge in [0.1, 0.15) is 5.70 Å². The molecule has 3 rings (SSSR count). The van der Waals surface area contributed by atoms with Crippen LogP contribution < -0.4 is 15.7 Å². The molecular weight excluding hydrogens is 428 g/mol. The first-order valence-corrected chi connectivity index (χ1v) is 10.2. The van der Waals surface area contributed by atoms with Crippen molar-refractivity contribution in [1.82, 2.24) is 10.6 Å². The monoisotopic (exact) mass is 447 g/mol. The van der Waals surface area contributed by atoms with Gasteiger partial charge >= 0.3 is 0 Å². The Morgan fingerprint density at radius 2 is 1.47 bits per heavy atom. The maximum Gasteiger partial charge on any atom is 0.268 e. The second-order valence-corrected chi connectivity index (χ2v) is 7.40. The number of carbonyl (C=O) groups is 3. The lowest BCUT2D eigenvalue weighted by Gasteiger charge is -2.21. The minimum atomic E-state index is -1.43. The molecular formula is C25H20ClN2O4-. The molecule has 0 radical (unpaired) electrons. The van der Waals surface area contributed by atoms with Gasteiger partial charge in [0, 0.05) is 10.6 Å². The molecule has 2 N–H and O–H groups in total. The van der Waals surface area contributed by atoms with E-state index in [9.17, 15) is 19.5 Å². The van der Waals surface area contributed by atoms with Gasteiger partial charge in [-0.3, -0.25) is 9.59 Å². The highest BCUT2D eigenvalue weighted by Gasteiger charge is 2.19. The minimum absolute atomic E-state index is 0.0375.